The molecule has 0 heterocycles. The molecule has 0 radical (unpaired) electrons. The number of esters is 1. The Balaban J connectivity index is 2.10. The van der Waals surface area contributed by atoms with Crippen LogP contribution in [-0.2, 0) is 9.53 Å². The van der Waals surface area contributed by atoms with Crippen molar-refractivity contribution in [2.75, 3.05) is 17.7 Å². The lowest BCUT2D eigenvalue weighted by Crippen LogP contribution is -2.48. The van der Waals surface area contributed by atoms with Crippen LogP contribution in [0.15, 0.2) is 48.5 Å². The third-order valence-corrected chi connectivity index (χ3v) is 3.91. The second-order valence-electron chi connectivity index (χ2n) is 6.36. The van der Waals surface area contributed by atoms with Crippen LogP contribution in [0, 0.1) is 11.7 Å². The Kier molecular flexibility index (Phi) is 7.08. The summed E-state index contributed by atoms with van der Waals surface area (Å²) in [6.07, 6.45) is 0. The van der Waals surface area contributed by atoms with E-state index in [9.17, 15) is 18.8 Å². The van der Waals surface area contributed by atoms with Gasteiger partial charge in [-0.3, -0.25) is 4.79 Å². The minimum atomic E-state index is -0.926. The van der Waals surface area contributed by atoms with Crippen molar-refractivity contribution in [3.8, 4) is 0 Å². The number of hydrogen-bond donors (Lipinski definition) is 3. The van der Waals surface area contributed by atoms with Gasteiger partial charge in [0.25, 0.3) is 0 Å². The highest BCUT2D eigenvalue weighted by Gasteiger charge is 2.25. The Morgan fingerprint density at radius 1 is 1.00 bits per heavy atom. The van der Waals surface area contributed by atoms with E-state index < -0.39 is 29.8 Å². The molecule has 0 aliphatic carbocycles. The van der Waals surface area contributed by atoms with E-state index in [1.165, 1.54) is 19.2 Å². The monoisotopic (exact) mass is 387 g/mol. The Morgan fingerprint density at radius 2 is 1.68 bits per heavy atom. The van der Waals surface area contributed by atoms with Crippen LogP contribution in [0.3, 0.4) is 0 Å². The van der Waals surface area contributed by atoms with E-state index >= 15 is 0 Å². The van der Waals surface area contributed by atoms with Crippen molar-refractivity contribution >= 4 is 29.3 Å². The number of halogens is 1. The van der Waals surface area contributed by atoms with E-state index in [2.05, 4.69) is 20.7 Å². The molecule has 1 atom stereocenters. The average molecular weight is 387 g/mol. The number of urea groups is 1. The Labute approximate surface area is 162 Å². The molecule has 7 nitrogen and oxygen atoms in total. The zero-order valence-electron chi connectivity index (χ0n) is 15.8. The van der Waals surface area contributed by atoms with Gasteiger partial charge in [0.05, 0.1) is 18.4 Å². The van der Waals surface area contributed by atoms with Crippen LogP contribution in [0.2, 0.25) is 0 Å². The quantitative estimate of drug-likeness (QED) is 0.662. The van der Waals surface area contributed by atoms with Crippen LogP contribution in [0.1, 0.15) is 24.2 Å². The topological polar surface area (TPSA) is 96.5 Å². The van der Waals surface area contributed by atoms with Crippen LogP contribution < -0.4 is 16.0 Å². The minimum absolute atomic E-state index is 0.0927. The van der Waals surface area contributed by atoms with Gasteiger partial charge < -0.3 is 20.7 Å². The summed E-state index contributed by atoms with van der Waals surface area (Å²) < 4.78 is 18.6. The molecule has 0 bridgehead atoms. The summed E-state index contributed by atoms with van der Waals surface area (Å²) in [5.41, 5.74) is 0.485. The van der Waals surface area contributed by atoms with E-state index in [0.29, 0.717) is 5.69 Å². The van der Waals surface area contributed by atoms with Gasteiger partial charge in [-0.2, -0.15) is 0 Å². The third kappa shape index (κ3) is 5.54. The maximum Gasteiger partial charge on any atom is 0.337 e. The maximum absolute atomic E-state index is 14.0. The first-order chi connectivity index (χ1) is 13.3. The van der Waals surface area contributed by atoms with Gasteiger partial charge in [0.2, 0.25) is 5.91 Å². The summed E-state index contributed by atoms with van der Waals surface area (Å²) in [5, 5.41) is 7.62. The summed E-state index contributed by atoms with van der Waals surface area (Å²) in [6, 6.07) is 10.7. The van der Waals surface area contributed by atoms with Gasteiger partial charge in [-0.25, -0.2) is 14.0 Å². The van der Waals surface area contributed by atoms with Crippen molar-refractivity contribution in [2.24, 2.45) is 5.92 Å². The average Bonchev–Trinajstić information content (AvgIpc) is 2.67. The Hall–Kier alpha value is -3.42. The van der Waals surface area contributed by atoms with Crippen LogP contribution in [0.5, 0.6) is 0 Å². The first-order valence-corrected chi connectivity index (χ1v) is 8.63. The number of nitrogens with one attached hydrogen (secondary N) is 3. The molecular weight excluding hydrogens is 365 g/mol. The number of carbonyl (C=O) groups excluding carboxylic acids is 3. The highest BCUT2D eigenvalue weighted by molar-refractivity contribution is 6.00. The Morgan fingerprint density at radius 3 is 2.29 bits per heavy atom. The van der Waals surface area contributed by atoms with E-state index in [4.69, 9.17) is 0 Å². The standard InChI is InChI=1S/C20H22FN3O4/c1-12(2)17(24-20(27)22-14-7-5-4-6-8-14)18(25)23-16-11-13(19(26)28-3)9-10-15(16)21/h4-12,17H,1-3H3,(H,23,25)(H2,22,24,27). The fraction of sp³-hybridized carbons (Fsp3) is 0.250. The summed E-state index contributed by atoms with van der Waals surface area (Å²) >= 11 is 0. The second-order valence-corrected chi connectivity index (χ2v) is 6.36. The molecule has 0 saturated carbocycles. The van der Waals surface area contributed by atoms with Crippen LogP contribution in [0.4, 0.5) is 20.6 Å². The molecule has 28 heavy (non-hydrogen) atoms. The lowest BCUT2D eigenvalue weighted by Gasteiger charge is -2.22. The van der Waals surface area contributed by atoms with E-state index in [1.807, 2.05) is 6.07 Å². The molecule has 3 N–H and O–H groups in total. The highest BCUT2D eigenvalue weighted by atomic mass is 19.1. The molecule has 0 aliphatic rings. The van der Waals surface area contributed by atoms with Gasteiger partial charge in [-0.15, -0.1) is 0 Å². The molecule has 8 heteroatoms. The van der Waals surface area contributed by atoms with Crippen LogP contribution in [0.25, 0.3) is 0 Å². The van der Waals surface area contributed by atoms with E-state index in [0.717, 1.165) is 6.07 Å². The molecule has 0 aromatic heterocycles. The van der Waals surface area contributed by atoms with Gasteiger partial charge >= 0.3 is 12.0 Å². The summed E-state index contributed by atoms with van der Waals surface area (Å²) in [6.45, 7) is 3.49. The van der Waals surface area contributed by atoms with Gasteiger partial charge in [0.1, 0.15) is 11.9 Å². The molecule has 3 amide bonds. The predicted octanol–water partition coefficient (Wildman–Crippen LogP) is 3.40. The first-order valence-electron chi connectivity index (χ1n) is 8.63. The zero-order chi connectivity index (χ0) is 20.7. The number of para-hydroxylation sites is 1. The van der Waals surface area contributed by atoms with Crippen molar-refractivity contribution < 1.29 is 23.5 Å². The van der Waals surface area contributed by atoms with Crippen molar-refractivity contribution in [3.63, 3.8) is 0 Å². The van der Waals surface area contributed by atoms with Crippen molar-refractivity contribution in [3.05, 3.63) is 59.9 Å². The van der Waals surface area contributed by atoms with Gasteiger partial charge in [0.15, 0.2) is 0 Å². The van der Waals surface area contributed by atoms with Crippen LogP contribution in [-0.4, -0.2) is 31.1 Å². The smallest absolute Gasteiger partial charge is 0.337 e. The number of carbonyl (C=O) groups is 3. The lowest BCUT2D eigenvalue weighted by molar-refractivity contribution is -0.118. The summed E-state index contributed by atoms with van der Waals surface area (Å²) in [7, 11) is 1.20. The van der Waals surface area contributed by atoms with Crippen molar-refractivity contribution in [1.82, 2.24) is 5.32 Å². The third-order valence-electron chi connectivity index (χ3n) is 3.91. The molecule has 2 aromatic carbocycles. The maximum atomic E-state index is 14.0. The number of methoxy groups -OCH3 is 1. The fourth-order valence-electron chi connectivity index (χ4n) is 2.44. The molecule has 0 saturated heterocycles. The first kappa shape index (κ1) is 20.9. The summed E-state index contributed by atoms with van der Waals surface area (Å²) in [4.78, 5) is 36.4. The zero-order valence-corrected chi connectivity index (χ0v) is 15.8. The lowest BCUT2D eigenvalue weighted by atomic mass is 10.0. The number of anilines is 2. The molecule has 0 aliphatic heterocycles. The second kappa shape index (κ2) is 9.50. The SMILES string of the molecule is COC(=O)c1ccc(F)c(NC(=O)C(NC(=O)Nc2ccccc2)C(C)C)c1. The normalized spacial score (nSPS) is 11.5. The van der Waals surface area contributed by atoms with Crippen molar-refractivity contribution in [1.29, 1.82) is 0 Å². The minimum Gasteiger partial charge on any atom is -0.465 e. The largest absolute Gasteiger partial charge is 0.465 e. The van der Waals surface area contributed by atoms with E-state index in [-0.39, 0.29) is 17.2 Å². The number of ether oxygens (including phenoxy) is 1. The number of rotatable bonds is 6. The molecule has 2 rings (SSSR count). The van der Waals surface area contributed by atoms with Gasteiger partial charge in [-0.05, 0) is 36.2 Å². The van der Waals surface area contributed by atoms with Crippen molar-refractivity contribution in [2.45, 2.75) is 19.9 Å². The number of benzene rings is 2. The molecule has 0 spiro atoms. The van der Waals surface area contributed by atoms with Gasteiger partial charge in [0, 0.05) is 5.69 Å². The number of hydrogen-bond acceptors (Lipinski definition) is 4. The highest BCUT2D eigenvalue weighted by Crippen LogP contribution is 2.18. The summed E-state index contributed by atoms with van der Waals surface area (Å²) in [5.74, 6) is -2.25. The predicted molar refractivity (Wildman–Crippen MR) is 104 cm³/mol. The molecule has 0 fully saturated rings. The Bertz CT molecular complexity index is 856. The molecule has 2 aromatic rings. The van der Waals surface area contributed by atoms with E-state index in [1.54, 1.807) is 38.1 Å². The fourth-order valence-corrected chi connectivity index (χ4v) is 2.44. The van der Waals surface area contributed by atoms with Gasteiger partial charge in [-0.1, -0.05) is 32.0 Å². The molecule has 148 valence electrons. The number of amides is 3. The molecule has 1 unspecified atom stereocenters. The molecular formula is C20H22FN3O4. The van der Waals surface area contributed by atoms with Crippen LogP contribution >= 0.6 is 0 Å².